The number of aryl methyl sites for hydroxylation is 1. The first-order valence-electron chi connectivity index (χ1n) is 8.21. The summed E-state index contributed by atoms with van der Waals surface area (Å²) in [5.74, 6) is 1.13. The third-order valence-corrected chi connectivity index (χ3v) is 6.35. The Hall–Kier alpha value is -1.79. The molecule has 6 heteroatoms. The Morgan fingerprint density at radius 2 is 2.25 bits per heavy atom. The number of hydrogen-bond donors (Lipinski definition) is 0. The Balaban J connectivity index is 1.29. The van der Waals surface area contributed by atoms with Crippen molar-refractivity contribution < 1.29 is 9.53 Å². The van der Waals surface area contributed by atoms with E-state index in [1.807, 2.05) is 64.8 Å². The number of carbonyl (C=O) groups excluding carboxylic acids is 1. The first-order chi connectivity index (χ1) is 11.7. The number of thioether (sulfide) groups is 1. The van der Waals surface area contributed by atoms with Gasteiger partial charge in [0.05, 0.1) is 23.2 Å². The van der Waals surface area contributed by atoms with E-state index >= 15 is 0 Å². The predicted molar refractivity (Wildman–Crippen MR) is 93.9 cm³/mol. The lowest BCUT2D eigenvalue weighted by atomic mass is 9.92. The molecular weight excluding hydrogens is 322 g/mol. The van der Waals surface area contributed by atoms with Gasteiger partial charge in [-0.1, -0.05) is 6.07 Å². The zero-order chi connectivity index (χ0) is 16.6. The second-order valence-corrected chi connectivity index (χ2v) is 8.11. The molecule has 2 saturated heterocycles. The third-order valence-electron chi connectivity index (χ3n) is 4.78. The third kappa shape index (κ3) is 2.96. The molecule has 1 spiro atoms. The minimum absolute atomic E-state index is 0.131. The van der Waals surface area contributed by atoms with Gasteiger partial charge in [-0.2, -0.15) is 0 Å². The molecule has 5 nitrogen and oxygen atoms in total. The fourth-order valence-electron chi connectivity index (χ4n) is 3.45. The van der Waals surface area contributed by atoms with E-state index in [9.17, 15) is 4.79 Å². The summed E-state index contributed by atoms with van der Waals surface area (Å²) in [4.78, 5) is 18.7. The highest BCUT2D eigenvalue weighted by Gasteiger charge is 2.51. The molecule has 4 rings (SSSR count). The second kappa shape index (κ2) is 6.26. The number of aromatic nitrogens is 2. The lowest BCUT2D eigenvalue weighted by molar-refractivity contribution is 0.0241. The van der Waals surface area contributed by atoms with E-state index in [-0.39, 0.29) is 16.8 Å². The van der Waals surface area contributed by atoms with Gasteiger partial charge >= 0.3 is 0 Å². The summed E-state index contributed by atoms with van der Waals surface area (Å²) >= 11 is 1.95. The zero-order valence-corrected chi connectivity index (χ0v) is 14.5. The van der Waals surface area contributed by atoms with Gasteiger partial charge in [-0.05, 0) is 30.7 Å². The monoisotopic (exact) mass is 343 g/mol. The number of amides is 1. The molecule has 0 saturated carbocycles. The quantitative estimate of drug-likeness (QED) is 0.855. The van der Waals surface area contributed by atoms with Crippen LogP contribution in [-0.2, 0) is 18.4 Å². The number of nitrogens with zero attached hydrogens (tertiary/aromatic N) is 3. The molecule has 2 aliphatic heterocycles. The Labute approximate surface area is 146 Å². The van der Waals surface area contributed by atoms with Crippen molar-refractivity contribution in [2.75, 3.05) is 18.8 Å². The molecule has 0 aromatic carbocycles. The maximum atomic E-state index is 12.5. The van der Waals surface area contributed by atoms with Crippen LogP contribution in [0.1, 0.15) is 22.6 Å². The number of carbonyl (C=O) groups is 1. The molecule has 1 amide bonds. The number of likely N-dealkylation sites (tertiary alicyclic amines) is 1. The van der Waals surface area contributed by atoms with Crippen LogP contribution in [0.2, 0.25) is 0 Å². The van der Waals surface area contributed by atoms with Crippen molar-refractivity contribution in [3.05, 3.63) is 54.1 Å². The van der Waals surface area contributed by atoms with Gasteiger partial charge in [0.1, 0.15) is 5.69 Å². The summed E-state index contributed by atoms with van der Waals surface area (Å²) < 4.78 is 8.09. The highest BCUT2D eigenvalue weighted by Crippen LogP contribution is 2.46. The van der Waals surface area contributed by atoms with Gasteiger partial charge < -0.3 is 14.2 Å². The molecule has 0 aliphatic carbocycles. The molecule has 2 fully saturated rings. The van der Waals surface area contributed by atoms with Gasteiger partial charge in [0.15, 0.2) is 0 Å². The summed E-state index contributed by atoms with van der Waals surface area (Å²) in [5, 5.41) is 0. The summed E-state index contributed by atoms with van der Waals surface area (Å²) in [6.07, 6.45) is 4.97. The van der Waals surface area contributed by atoms with E-state index in [1.54, 1.807) is 6.20 Å². The van der Waals surface area contributed by atoms with Crippen LogP contribution >= 0.6 is 11.8 Å². The maximum Gasteiger partial charge on any atom is 0.270 e. The molecule has 0 N–H and O–H groups in total. The normalized spacial score (nSPS) is 21.9. The number of rotatable bonds is 4. The SMILES string of the molecule is Cn1cccc1C(=O)N1CC2(C[C@H](OCc3ccccn3)CS2)C1. The van der Waals surface area contributed by atoms with Crippen molar-refractivity contribution in [2.45, 2.75) is 23.9 Å². The fourth-order valence-corrected chi connectivity index (χ4v) is 5.01. The van der Waals surface area contributed by atoms with Crippen LogP contribution in [0.3, 0.4) is 0 Å². The molecule has 0 radical (unpaired) electrons. The molecule has 2 aromatic heterocycles. The number of ether oxygens (including phenoxy) is 1. The van der Waals surface area contributed by atoms with Crippen molar-refractivity contribution in [3.63, 3.8) is 0 Å². The number of pyridine rings is 1. The van der Waals surface area contributed by atoms with Crippen LogP contribution in [0.25, 0.3) is 0 Å². The fraction of sp³-hybridized carbons (Fsp3) is 0.444. The lowest BCUT2D eigenvalue weighted by Crippen LogP contribution is -2.61. The topological polar surface area (TPSA) is 47.4 Å². The molecule has 0 bridgehead atoms. The average molecular weight is 343 g/mol. The van der Waals surface area contributed by atoms with Gasteiger partial charge in [0.25, 0.3) is 5.91 Å². The summed E-state index contributed by atoms with van der Waals surface area (Å²) in [5.41, 5.74) is 1.73. The average Bonchev–Trinajstić information content (AvgIpc) is 3.18. The van der Waals surface area contributed by atoms with Crippen LogP contribution in [0.5, 0.6) is 0 Å². The largest absolute Gasteiger partial charge is 0.371 e. The van der Waals surface area contributed by atoms with Crippen molar-refractivity contribution in [3.8, 4) is 0 Å². The molecule has 126 valence electrons. The van der Waals surface area contributed by atoms with E-state index < -0.39 is 0 Å². The van der Waals surface area contributed by atoms with Crippen molar-refractivity contribution in [1.29, 1.82) is 0 Å². The predicted octanol–water partition coefficient (Wildman–Crippen LogP) is 2.34. The van der Waals surface area contributed by atoms with Gasteiger partial charge in [-0.3, -0.25) is 9.78 Å². The Kier molecular flexibility index (Phi) is 4.10. The Bertz CT molecular complexity index is 725. The van der Waals surface area contributed by atoms with Crippen LogP contribution in [0.15, 0.2) is 42.7 Å². The van der Waals surface area contributed by atoms with Crippen LogP contribution < -0.4 is 0 Å². The summed E-state index contributed by atoms with van der Waals surface area (Å²) in [6, 6.07) is 9.68. The Morgan fingerprint density at radius 3 is 2.96 bits per heavy atom. The van der Waals surface area contributed by atoms with Gasteiger partial charge in [0.2, 0.25) is 0 Å². The standard InChI is InChI=1S/C18H21N3O2S/c1-20-8-4-6-16(20)17(22)21-12-18(13-21)9-15(11-24-18)23-10-14-5-2-3-7-19-14/h2-8,15H,9-13H2,1H3/t15-/m0/s1. The molecule has 1 atom stereocenters. The van der Waals surface area contributed by atoms with E-state index in [4.69, 9.17) is 4.74 Å². The molecule has 24 heavy (non-hydrogen) atoms. The van der Waals surface area contributed by atoms with E-state index in [0.717, 1.165) is 36.7 Å². The highest BCUT2D eigenvalue weighted by molar-refractivity contribution is 8.01. The van der Waals surface area contributed by atoms with Gasteiger partial charge in [-0.15, -0.1) is 11.8 Å². The van der Waals surface area contributed by atoms with Crippen molar-refractivity contribution in [2.24, 2.45) is 7.05 Å². The van der Waals surface area contributed by atoms with Crippen LogP contribution in [-0.4, -0.2) is 50.1 Å². The smallest absolute Gasteiger partial charge is 0.270 e. The summed E-state index contributed by atoms with van der Waals surface area (Å²) in [7, 11) is 1.91. The highest BCUT2D eigenvalue weighted by atomic mass is 32.2. The summed E-state index contributed by atoms with van der Waals surface area (Å²) in [6.45, 7) is 2.21. The molecule has 2 aliphatic rings. The molecule has 4 heterocycles. The first kappa shape index (κ1) is 15.7. The van der Waals surface area contributed by atoms with Gasteiger partial charge in [0, 0.05) is 38.3 Å². The number of hydrogen-bond acceptors (Lipinski definition) is 4. The molecule has 2 aromatic rings. The zero-order valence-electron chi connectivity index (χ0n) is 13.7. The van der Waals surface area contributed by atoms with Crippen molar-refractivity contribution >= 4 is 17.7 Å². The van der Waals surface area contributed by atoms with Gasteiger partial charge in [-0.25, -0.2) is 0 Å². The second-order valence-electron chi connectivity index (χ2n) is 6.62. The minimum Gasteiger partial charge on any atom is -0.371 e. The van der Waals surface area contributed by atoms with E-state index in [1.165, 1.54) is 0 Å². The lowest BCUT2D eigenvalue weighted by Gasteiger charge is -2.47. The van der Waals surface area contributed by atoms with Crippen LogP contribution in [0.4, 0.5) is 0 Å². The molecular formula is C18H21N3O2S. The van der Waals surface area contributed by atoms with E-state index in [2.05, 4.69) is 4.98 Å². The Morgan fingerprint density at radius 1 is 1.38 bits per heavy atom. The van der Waals surface area contributed by atoms with Crippen LogP contribution in [0, 0.1) is 0 Å². The maximum absolute atomic E-state index is 12.5. The van der Waals surface area contributed by atoms with E-state index in [0.29, 0.717) is 6.61 Å². The minimum atomic E-state index is 0.131. The molecule has 0 unspecified atom stereocenters. The van der Waals surface area contributed by atoms with Crippen molar-refractivity contribution in [1.82, 2.24) is 14.5 Å². The first-order valence-corrected chi connectivity index (χ1v) is 9.20.